The Hall–Kier alpha value is -2.81. The van der Waals surface area contributed by atoms with Gasteiger partial charge in [-0.3, -0.25) is 4.79 Å². The molecule has 0 aromatic heterocycles. The third-order valence-corrected chi connectivity index (χ3v) is 3.51. The van der Waals surface area contributed by atoms with Crippen molar-refractivity contribution in [3.63, 3.8) is 0 Å². The number of hydrogen-bond acceptors (Lipinski definition) is 2. The van der Waals surface area contributed by atoms with Crippen LogP contribution in [-0.4, -0.2) is 5.91 Å². The van der Waals surface area contributed by atoms with Crippen LogP contribution in [0.3, 0.4) is 0 Å². The Morgan fingerprint density at radius 1 is 0.952 bits per heavy atom. The quantitative estimate of drug-likeness (QED) is 0.695. The number of carbonyl (C=O) groups excluding carboxylic acids is 1. The predicted octanol–water partition coefficient (Wildman–Crippen LogP) is 3.98. The van der Waals surface area contributed by atoms with Crippen LogP contribution in [0.1, 0.15) is 15.9 Å². The first kappa shape index (κ1) is 13.2. The summed E-state index contributed by atoms with van der Waals surface area (Å²) in [7, 11) is 0. The molecule has 0 radical (unpaired) electrons. The van der Waals surface area contributed by atoms with Gasteiger partial charge in [0, 0.05) is 16.9 Å². The Morgan fingerprint density at radius 3 is 2.52 bits per heavy atom. The fourth-order valence-electron chi connectivity index (χ4n) is 2.35. The SMILES string of the molecule is Cc1ccc(N)cc1C(=O)Nc1ccc2ccccc2c1. The average molecular weight is 276 g/mol. The summed E-state index contributed by atoms with van der Waals surface area (Å²) in [5.41, 5.74) is 8.62. The summed E-state index contributed by atoms with van der Waals surface area (Å²) in [4.78, 5) is 12.4. The predicted molar refractivity (Wildman–Crippen MR) is 87.5 cm³/mol. The van der Waals surface area contributed by atoms with E-state index in [9.17, 15) is 4.79 Å². The Morgan fingerprint density at radius 2 is 1.71 bits per heavy atom. The van der Waals surface area contributed by atoms with E-state index >= 15 is 0 Å². The third kappa shape index (κ3) is 2.72. The number of nitrogens with one attached hydrogen (secondary N) is 1. The van der Waals surface area contributed by atoms with Crippen molar-refractivity contribution in [2.75, 3.05) is 11.1 Å². The van der Waals surface area contributed by atoms with Gasteiger partial charge in [-0.25, -0.2) is 0 Å². The van der Waals surface area contributed by atoms with Crippen molar-refractivity contribution in [1.82, 2.24) is 0 Å². The standard InChI is InChI=1S/C18H16N2O/c1-12-6-8-15(19)11-17(12)18(21)20-16-9-7-13-4-2-3-5-14(13)10-16/h2-11H,19H2,1H3,(H,20,21). The zero-order valence-corrected chi connectivity index (χ0v) is 11.8. The number of benzene rings is 3. The molecule has 3 aromatic carbocycles. The lowest BCUT2D eigenvalue weighted by molar-refractivity contribution is 0.102. The van der Waals surface area contributed by atoms with Gasteiger partial charge in [-0.15, -0.1) is 0 Å². The van der Waals surface area contributed by atoms with E-state index in [-0.39, 0.29) is 5.91 Å². The number of nitrogen functional groups attached to an aromatic ring is 1. The van der Waals surface area contributed by atoms with Crippen LogP contribution >= 0.6 is 0 Å². The summed E-state index contributed by atoms with van der Waals surface area (Å²) in [6, 6.07) is 19.3. The molecule has 1 amide bonds. The van der Waals surface area contributed by atoms with E-state index in [2.05, 4.69) is 5.32 Å². The van der Waals surface area contributed by atoms with E-state index < -0.39 is 0 Å². The monoisotopic (exact) mass is 276 g/mol. The highest BCUT2D eigenvalue weighted by Gasteiger charge is 2.10. The molecule has 0 spiro atoms. The highest BCUT2D eigenvalue weighted by atomic mass is 16.1. The molecule has 0 aliphatic carbocycles. The van der Waals surface area contributed by atoms with E-state index in [4.69, 9.17) is 5.73 Å². The van der Waals surface area contributed by atoms with Crippen molar-refractivity contribution in [2.24, 2.45) is 0 Å². The number of amides is 1. The molecule has 21 heavy (non-hydrogen) atoms. The minimum atomic E-state index is -0.143. The summed E-state index contributed by atoms with van der Waals surface area (Å²) in [5.74, 6) is -0.143. The molecule has 0 saturated heterocycles. The molecular weight excluding hydrogens is 260 g/mol. The molecule has 0 aliphatic heterocycles. The molecule has 0 bridgehead atoms. The lowest BCUT2D eigenvalue weighted by Crippen LogP contribution is -2.13. The van der Waals surface area contributed by atoms with Crippen LogP contribution in [0, 0.1) is 6.92 Å². The van der Waals surface area contributed by atoms with Gasteiger partial charge in [-0.2, -0.15) is 0 Å². The average Bonchev–Trinajstić information content (AvgIpc) is 2.49. The molecule has 3 aromatic rings. The van der Waals surface area contributed by atoms with Crippen LogP contribution in [-0.2, 0) is 0 Å². The van der Waals surface area contributed by atoms with Crippen molar-refractivity contribution in [2.45, 2.75) is 6.92 Å². The van der Waals surface area contributed by atoms with E-state index in [1.807, 2.05) is 55.5 Å². The van der Waals surface area contributed by atoms with Crippen LogP contribution in [0.5, 0.6) is 0 Å². The maximum absolute atomic E-state index is 12.4. The van der Waals surface area contributed by atoms with Crippen LogP contribution in [0.25, 0.3) is 10.8 Å². The van der Waals surface area contributed by atoms with Gasteiger partial charge in [0.25, 0.3) is 5.91 Å². The minimum Gasteiger partial charge on any atom is -0.399 e. The van der Waals surface area contributed by atoms with Crippen molar-refractivity contribution < 1.29 is 4.79 Å². The van der Waals surface area contributed by atoms with E-state index in [0.717, 1.165) is 22.0 Å². The number of aryl methyl sites for hydroxylation is 1. The smallest absolute Gasteiger partial charge is 0.256 e. The van der Waals surface area contributed by atoms with E-state index in [1.54, 1.807) is 12.1 Å². The van der Waals surface area contributed by atoms with Crippen LogP contribution in [0.4, 0.5) is 11.4 Å². The summed E-state index contributed by atoms with van der Waals surface area (Å²) in [6.07, 6.45) is 0. The second-order valence-electron chi connectivity index (χ2n) is 5.09. The molecule has 0 fully saturated rings. The van der Waals surface area contributed by atoms with Gasteiger partial charge in [0.15, 0.2) is 0 Å². The molecule has 3 rings (SSSR count). The fraction of sp³-hybridized carbons (Fsp3) is 0.0556. The van der Waals surface area contributed by atoms with Crippen LogP contribution < -0.4 is 11.1 Å². The minimum absolute atomic E-state index is 0.143. The van der Waals surface area contributed by atoms with Gasteiger partial charge in [0.1, 0.15) is 0 Å². The van der Waals surface area contributed by atoms with Crippen molar-refractivity contribution in [1.29, 1.82) is 0 Å². The molecule has 0 aliphatic rings. The van der Waals surface area contributed by atoms with Gasteiger partial charge >= 0.3 is 0 Å². The first-order valence-corrected chi connectivity index (χ1v) is 6.80. The Bertz CT molecular complexity index is 824. The summed E-state index contributed by atoms with van der Waals surface area (Å²) < 4.78 is 0. The van der Waals surface area contributed by atoms with Gasteiger partial charge < -0.3 is 11.1 Å². The normalized spacial score (nSPS) is 10.5. The van der Waals surface area contributed by atoms with Crippen LogP contribution in [0.2, 0.25) is 0 Å². The summed E-state index contributed by atoms with van der Waals surface area (Å²) >= 11 is 0. The number of anilines is 2. The Kier molecular flexibility index (Phi) is 3.32. The molecule has 3 nitrogen and oxygen atoms in total. The van der Waals surface area contributed by atoms with Crippen molar-refractivity contribution >= 4 is 28.1 Å². The second kappa shape index (κ2) is 5.29. The largest absolute Gasteiger partial charge is 0.399 e. The first-order chi connectivity index (χ1) is 10.1. The number of rotatable bonds is 2. The third-order valence-electron chi connectivity index (χ3n) is 3.51. The molecule has 0 heterocycles. The first-order valence-electron chi connectivity index (χ1n) is 6.80. The molecule has 3 heteroatoms. The number of fused-ring (bicyclic) bond motifs is 1. The maximum Gasteiger partial charge on any atom is 0.256 e. The Labute approximate surface area is 123 Å². The highest BCUT2D eigenvalue weighted by molar-refractivity contribution is 6.06. The summed E-state index contributed by atoms with van der Waals surface area (Å²) in [6.45, 7) is 1.90. The number of nitrogens with two attached hydrogens (primary N) is 1. The Balaban J connectivity index is 1.90. The lowest BCUT2D eigenvalue weighted by Gasteiger charge is -2.09. The van der Waals surface area contributed by atoms with Gasteiger partial charge in [-0.1, -0.05) is 36.4 Å². The number of carbonyl (C=O) groups is 1. The molecular formula is C18H16N2O. The van der Waals surface area contributed by atoms with Crippen molar-refractivity contribution in [3.8, 4) is 0 Å². The van der Waals surface area contributed by atoms with Crippen molar-refractivity contribution in [3.05, 3.63) is 71.8 Å². The molecule has 3 N–H and O–H groups in total. The molecule has 0 saturated carbocycles. The zero-order chi connectivity index (χ0) is 14.8. The maximum atomic E-state index is 12.4. The van der Waals surface area contributed by atoms with E-state index in [0.29, 0.717) is 11.3 Å². The second-order valence-corrected chi connectivity index (χ2v) is 5.09. The topological polar surface area (TPSA) is 55.1 Å². The van der Waals surface area contributed by atoms with Gasteiger partial charge in [0.05, 0.1) is 0 Å². The zero-order valence-electron chi connectivity index (χ0n) is 11.8. The molecule has 0 unspecified atom stereocenters. The summed E-state index contributed by atoms with van der Waals surface area (Å²) in [5, 5.41) is 5.17. The molecule has 0 atom stereocenters. The molecule has 104 valence electrons. The van der Waals surface area contributed by atoms with Gasteiger partial charge in [-0.05, 0) is 47.5 Å². The van der Waals surface area contributed by atoms with Gasteiger partial charge in [0.2, 0.25) is 0 Å². The fourth-order valence-corrected chi connectivity index (χ4v) is 2.35. The number of hydrogen-bond donors (Lipinski definition) is 2. The lowest BCUT2D eigenvalue weighted by atomic mass is 10.1. The van der Waals surface area contributed by atoms with E-state index in [1.165, 1.54) is 0 Å². The highest BCUT2D eigenvalue weighted by Crippen LogP contribution is 2.20. The van der Waals surface area contributed by atoms with Crippen LogP contribution in [0.15, 0.2) is 60.7 Å².